The fourth-order valence-corrected chi connectivity index (χ4v) is 1.60. The molecule has 80 valence electrons. The summed E-state index contributed by atoms with van der Waals surface area (Å²) in [6, 6.07) is 0. The highest BCUT2D eigenvalue weighted by atomic mass is 32.2. The molecule has 1 N–H and O–H groups in total. The van der Waals surface area contributed by atoms with Crippen LogP contribution in [0.3, 0.4) is 0 Å². The normalized spacial score (nSPS) is 12.3. The minimum atomic E-state index is -2.81. The van der Waals surface area contributed by atoms with Gasteiger partial charge in [0.25, 0.3) is 0 Å². The first-order valence-electron chi connectivity index (χ1n) is 4.46. The van der Waals surface area contributed by atoms with Crippen molar-refractivity contribution < 1.29 is 8.42 Å². The minimum absolute atomic E-state index is 0.253. The largest absolute Gasteiger partial charge is 0.320 e. The molecule has 0 aromatic heterocycles. The lowest BCUT2D eigenvalue weighted by atomic mass is 10.4. The molecule has 0 aromatic carbocycles. The van der Waals surface area contributed by atoms with Crippen molar-refractivity contribution in [1.29, 1.82) is 0 Å². The lowest BCUT2D eigenvalue weighted by Gasteiger charge is -2.15. The zero-order valence-electron chi connectivity index (χ0n) is 8.71. The molecule has 0 unspecified atom stereocenters. The van der Waals surface area contributed by atoms with Gasteiger partial charge in [-0.2, -0.15) is 0 Å². The first-order valence-corrected chi connectivity index (χ1v) is 6.52. The quantitative estimate of drug-likeness (QED) is 0.577. The topological polar surface area (TPSA) is 49.4 Å². The fourth-order valence-electron chi connectivity index (χ4n) is 0.959. The van der Waals surface area contributed by atoms with E-state index in [2.05, 4.69) is 5.32 Å². The molecule has 0 fully saturated rings. The summed E-state index contributed by atoms with van der Waals surface area (Å²) in [6.45, 7) is 2.54. The lowest BCUT2D eigenvalue weighted by Crippen LogP contribution is -2.27. The lowest BCUT2D eigenvalue weighted by molar-refractivity contribution is 0.346. The van der Waals surface area contributed by atoms with Crippen molar-refractivity contribution in [3.05, 3.63) is 0 Å². The Morgan fingerprint density at radius 1 is 1.31 bits per heavy atom. The predicted octanol–water partition coefficient (Wildman–Crippen LogP) is -0.428. The number of hydrogen-bond donors (Lipinski definition) is 1. The second kappa shape index (κ2) is 6.34. The van der Waals surface area contributed by atoms with Crippen molar-refractivity contribution in [2.45, 2.75) is 6.42 Å². The molecular formula is C8H20N2O2S. The maximum atomic E-state index is 10.8. The van der Waals surface area contributed by atoms with Crippen LogP contribution >= 0.6 is 0 Å². The second-order valence-corrected chi connectivity index (χ2v) is 5.65. The molecule has 0 aliphatic carbocycles. The van der Waals surface area contributed by atoms with Crippen LogP contribution in [0.1, 0.15) is 6.42 Å². The Kier molecular flexibility index (Phi) is 6.28. The Labute approximate surface area is 81.2 Å². The summed E-state index contributed by atoms with van der Waals surface area (Å²) in [4.78, 5) is 2.04. The van der Waals surface area contributed by atoms with Crippen LogP contribution in [0.2, 0.25) is 0 Å². The van der Waals surface area contributed by atoms with Crippen molar-refractivity contribution in [2.24, 2.45) is 0 Å². The van der Waals surface area contributed by atoms with Gasteiger partial charge in [-0.15, -0.1) is 0 Å². The molecule has 0 bridgehead atoms. The molecule has 0 aliphatic rings. The molecule has 5 heteroatoms. The summed E-state index contributed by atoms with van der Waals surface area (Å²) < 4.78 is 21.7. The van der Waals surface area contributed by atoms with Crippen LogP contribution < -0.4 is 5.32 Å². The predicted molar refractivity (Wildman–Crippen MR) is 55.8 cm³/mol. The van der Waals surface area contributed by atoms with E-state index < -0.39 is 9.84 Å². The Bertz CT molecular complexity index is 214. The minimum Gasteiger partial charge on any atom is -0.320 e. The van der Waals surface area contributed by atoms with Gasteiger partial charge in [0.05, 0.1) is 5.75 Å². The average Bonchev–Trinajstić information content (AvgIpc) is 2.00. The van der Waals surface area contributed by atoms with Gasteiger partial charge in [-0.1, -0.05) is 0 Å². The van der Waals surface area contributed by atoms with Crippen LogP contribution in [0.25, 0.3) is 0 Å². The zero-order chi connectivity index (χ0) is 10.3. The van der Waals surface area contributed by atoms with E-state index in [0.29, 0.717) is 6.54 Å². The van der Waals surface area contributed by atoms with Gasteiger partial charge < -0.3 is 10.2 Å². The molecule has 0 saturated carbocycles. The summed E-state index contributed by atoms with van der Waals surface area (Å²) in [7, 11) is 1.05. The number of hydrogen-bond acceptors (Lipinski definition) is 4. The highest BCUT2D eigenvalue weighted by molar-refractivity contribution is 7.90. The Morgan fingerprint density at radius 2 is 1.92 bits per heavy atom. The van der Waals surface area contributed by atoms with E-state index in [1.54, 1.807) is 0 Å². The molecule has 0 saturated heterocycles. The van der Waals surface area contributed by atoms with E-state index in [-0.39, 0.29) is 5.75 Å². The van der Waals surface area contributed by atoms with Gasteiger partial charge in [-0.25, -0.2) is 8.42 Å². The number of rotatable bonds is 7. The molecule has 0 rings (SSSR count). The van der Waals surface area contributed by atoms with Gasteiger partial charge >= 0.3 is 0 Å². The van der Waals surface area contributed by atoms with Crippen LogP contribution in [0.15, 0.2) is 0 Å². The molecule has 13 heavy (non-hydrogen) atoms. The van der Waals surface area contributed by atoms with E-state index in [1.165, 1.54) is 6.26 Å². The summed E-state index contributed by atoms with van der Waals surface area (Å²) in [6.07, 6.45) is 2.32. The molecular weight excluding hydrogens is 188 g/mol. The standard InChI is InChI=1S/C8H20N2O2S/c1-9-5-4-6-10(2)7-8-13(3,11)12/h9H,4-8H2,1-3H3. The van der Waals surface area contributed by atoms with Crippen molar-refractivity contribution in [3.8, 4) is 0 Å². The maximum Gasteiger partial charge on any atom is 0.148 e. The maximum absolute atomic E-state index is 10.8. The number of sulfone groups is 1. The summed E-state index contributed by atoms with van der Waals surface area (Å²) in [5, 5.41) is 3.05. The highest BCUT2D eigenvalue weighted by Crippen LogP contribution is 1.89. The Balaban J connectivity index is 3.46. The first kappa shape index (κ1) is 12.9. The van der Waals surface area contributed by atoms with Crippen molar-refractivity contribution in [1.82, 2.24) is 10.2 Å². The average molecular weight is 208 g/mol. The first-order chi connectivity index (χ1) is 5.95. The van der Waals surface area contributed by atoms with Crippen LogP contribution in [-0.4, -0.2) is 59.1 Å². The van der Waals surface area contributed by atoms with E-state index >= 15 is 0 Å². The Hall–Kier alpha value is -0.130. The molecule has 0 amide bonds. The third kappa shape index (κ3) is 9.79. The Morgan fingerprint density at radius 3 is 2.38 bits per heavy atom. The van der Waals surface area contributed by atoms with Crippen molar-refractivity contribution >= 4 is 9.84 Å². The van der Waals surface area contributed by atoms with Crippen molar-refractivity contribution in [2.75, 3.05) is 45.7 Å². The smallest absolute Gasteiger partial charge is 0.148 e. The molecule has 0 heterocycles. The number of nitrogens with one attached hydrogen (secondary N) is 1. The molecule has 0 radical (unpaired) electrons. The van der Waals surface area contributed by atoms with Gasteiger partial charge in [-0.3, -0.25) is 0 Å². The van der Waals surface area contributed by atoms with E-state index in [0.717, 1.165) is 19.5 Å². The van der Waals surface area contributed by atoms with Crippen LogP contribution in [0.4, 0.5) is 0 Å². The summed E-state index contributed by atoms with van der Waals surface area (Å²) >= 11 is 0. The van der Waals surface area contributed by atoms with Crippen LogP contribution in [-0.2, 0) is 9.84 Å². The molecule has 0 atom stereocenters. The van der Waals surface area contributed by atoms with Crippen molar-refractivity contribution in [3.63, 3.8) is 0 Å². The third-order valence-corrected chi connectivity index (χ3v) is 2.73. The van der Waals surface area contributed by atoms with Gasteiger partial charge in [-0.05, 0) is 33.6 Å². The monoisotopic (exact) mass is 208 g/mol. The van der Waals surface area contributed by atoms with Crippen LogP contribution in [0.5, 0.6) is 0 Å². The fraction of sp³-hybridized carbons (Fsp3) is 1.00. The summed E-state index contributed by atoms with van der Waals surface area (Å²) in [5.41, 5.74) is 0. The number of nitrogens with zero attached hydrogens (tertiary/aromatic N) is 1. The molecule has 4 nitrogen and oxygen atoms in total. The van der Waals surface area contributed by atoms with E-state index in [4.69, 9.17) is 0 Å². The van der Waals surface area contributed by atoms with Gasteiger partial charge in [0, 0.05) is 12.8 Å². The van der Waals surface area contributed by atoms with E-state index in [1.807, 2.05) is 19.0 Å². The molecule has 0 spiro atoms. The molecule has 0 aromatic rings. The molecule has 0 aliphatic heterocycles. The summed E-state index contributed by atoms with van der Waals surface area (Å²) in [5.74, 6) is 0.253. The van der Waals surface area contributed by atoms with E-state index in [9.17, 15) is 8.42 Å². The van der Waals surface area contributed by atoms with Gasteiger partial charge in [0.2, 0.25) is 0 Å². The zero-order valence-corrected chi connectivity index (χ0v) is 9.52. The SMILES string of the molecule is CNCCCN(C)CCS(C)(=O)=O. The van der Waals surface area contributed by atoms with Crippen LogP contribution in [0, 0.1) is 0 Å². The highest BCUT2D eigenvalue weighted by Gasteiger charge is 2.04. The van der Waals surface area contributed by atoms with Gasteiger partial charge in [0.15, 0.2) is 0 Å². The third-order valence-electron chi connectivity index (χ3n) is 1.81. The van der Waals surface area contributed by atoms with Gasteiger partial charge in [0.1, 0.15) is 9.84 Å². The second-order valence-electron chi connectivity index (χ2n) is 3.39.